The van der Waals surface area contributed by atoms with Crippen LogP contribution >= 0.6 is 0 Å². The molecule has 1 fully saturated rings. The number of morpholine rings is 1. The zero-order chi connectivity index (χ0) is 17.1. The lowest BCUT2D eigenvalue weighted by Gasteiger charge is -2.29. The van der Waals surface area contributed by atoms with Crippen molar-refractivity contribution >= 4 is 17.3 Å². The first-order valence-electron chi connectivity index (χ1n) is 8.28. The fourth-order valence-corrected chi connectivity index (χ4v) is 3.00. The molecule has 3 rings (SSSR count). The van der Waals surface area contributed by atoms with Crippen LogP contribution in [0.5, 0.6) is 0 Å². The van der Waals surface area contributed by atoms with E-state index in [2.05, 4.69) is 33.3 Å². The summed E-state index contributed by atoms with van der Waals surface area (Å²) < 4.78 is 7.44. The number of pyridine rings is 1. The van der Waals surface area contributed by atoms with Crippen molar-refractivity contribution in [2.75, 3.05) is 55.5 Å². The van der Waals surface area contributed by atoms with Gasteiger partial charge in [-0.25, -0.2) is 4.98 Å². The Balaban J connectivity index is 1.74. The van der Waals surface area contributed by atoms with E-state index in [0.717, 1.165) is 43.5 Å². The third-order valence-corrected chi connectivity index (χ3v) is 4.33. The Morgan fingerprint density at radius 1 is 1.25 bits per heavy atom. The minimum Gasteiger partial charge on any atom is -0.378 e. The molecule has 0 unspecified atom stereocenters. The van der Waals surface area contributed by atoms with Crippen molar-refractivity contribution in [3.05, 3.63) is 29.6 Å². The third kappa shape index (κ3) is 3.46. The Morgan fingerprint density at radius 3 is 2.62 bits per heavy atom. The summed E-state index contributed by atoms with van der Waals surface area (Å²) in [6, 6.07) is 4.07. The van der Waals surface area contributed by atoms with E-state index < -0.39 is 0 Å². The molecule has 0 spiro atoms. The van der Waals surface area contributed by atoms with Crippen LogP contribution in [0.3, 0.4) is 0 Å². The summed E-state index contributed by atoms with van der Waals surface area (Å²) >= 11 is 0. The van der Waals surface area contributed by atoms with Gasteiger partial charge in [-0.05, 0) is 19.1 Å². The van der Waals surface area contributed by atoms with Crippen LogP contribution in [0.15, 0.2) is 18.3 Å². The molecule has 1 saturated heterocycles. The number of hydrogen-bond acceptors (Lipinski definition) is 6. The largest absolute Gasteiger partial charge is 0.378 e. The van der Waals surface area contributed by atoms with Gasteiger partial charge in [0.2, 0.25) is 0 Å². The average Bonchev–Trinajstić information content (AvgIpc) is 2.87. The molecule has 0 atom stereocenters. The number of ether oxygens (including phenoxy) is 1. The lowest BCUT2D eigenvalue weighted by atomic mass is 10.2. The average molecular weight is 330 g/mol. The van der Waals surface area contributed by atoms with E-state index in [-0.39, 0.29) is 0 Å². The van der Waals surface area contributed by atoms with E-state index in [4.69, 9.17) is 4.74 Å². The lowest BCUT2D eigenvalue weighted by Crippen LogP contribution is -2.38. The molecule has 7 nitrogen and oxygen atoms in total. The van der Waals surface area contributed by atoms with Gasteiger partial charge in [-0.2, -0.15) is 5.10 Å². The molecule has 0 amide bonds. The van der Waals surface area contributed by atoms with Gasteiger partial charge >= 0.3 is 0 Å². The Morgan fingerprint density at radius 2 is 2.00 bits per heavy atom. The van der Waals surface area contributed by atoms with Crippen LogP contribution in [0, 0.1) is 6.92 Å². The molecule has 0 saturated carbocycles. The Hall–Kier alpha value is -2.28. The van der Waals surface area contributed by atoms with Gasteiger partial charge in [0, 0.05) is 46.3 Å². The highest BCUT2D eigenvalue weighted by Crippen LogP contribution is 2.25. The molecule has 130 valence electrons. The van der Waals surface area contributed by atoms with Crippen LogP contribution in [0.4, 0.5) is 17.3 Å². The van der Waals surface area contributed by atoms with Gasteiger partial charge in [-0.1, -0.05) is 0 Å². The molecule has 0 radical (unpaired) electrons. The van der Waals surface area contributed by atoms with Crippen LogP contribution in [0.25, 0.3) is 0 Å². The maximum Gasteiger partial charge on any atom is 0.131 e. The zero-order valence-electron chi connectivity index (χ0n) is 14.9. The number of anilines is 3. The number of aryl methyl sites for hydroxylation is 2. The van der Waals surface area contributed by atoms with Crippen LogP contribution < -0.4 is 15.1 Å². The summed E-state index contributed by atoms with van der Waals surface area (Å²) in [4.78, 5) is 8.87. The number of nitrogens with one attached hydrogen (secondary N) is 1. The second-order valence-electron chi connectivity index (χ2n) is 6.26. The summed E-state index contributed by atoms with van der Waals surface area (Å²) in [5.41, 5.74) is 3.36. The van der Waals surface area contributed by atoms with Crippen molar-refractivity contribution in [2.24, 2.45) is 7.05 Å². The Kier molecular flexibility index (Phi) is 4.89. The predicted octanol–water partition coefficient (Wildman–Crippen LogP) is 1.64. The first-order chi connectivity index (χ1) is 11.6. The summed E-state index contributed by atoms with van der Waals surface area (Å²) in [6.07, 6.45) is 1.88. The minimum absolute atomic E-state index is 0.709. The Bertz CT molecular complexity index is 673. The normalized spacial score (nSPS) is 14.8. The monoisotopic (exact) mass is 330 g/mol. The van der Waals surface area contributed by atoms with Gasteiger partial charge in [0.1, 0.15) is 11.6 Å². The van der Waals surface area contributed by atoms with Crippen LogP contribution in [0.2, 0.25) is 0 Å². The van der Waals surface area contributed by atoms with Gasteiger partial charge in [0.15, 0.2) is 0 Å². The molecule has 0 bridgehead atoms. The Labute approximate surface area is 143 Å². The fourth-order valence-electron chi connectivity index (χ4n) is 3.00. The van der Waals surface area contributed by atoms with E-state index in [0.29, 0.717) is 6.54 Å². The highest BCUT2D eigenvalue weighted by atomic mass is 16.5. The number of nitrogens with zero attached hydrogens (tertiary/aromatic N) is 5. The van der Waals surface area contributed by atoms with Crippen molar-refractivity contribution in [2.45, 2.75) is 13.5 Å². The summed E-state index contributed by atoms with van der Waals surface area (Å²) in [6.45, 7) is 6.11. The molecule has 0 aromatic carbocycles. The third-order valence-electron chi connectivity index (χ3n) is 4.33. The molecule has 24 heavy (non-hydrogen) atoms. The van der Waals surface area contributed by atoms with Gasteiger partial charge in [0.05, 0.1) is 30.8 Å². The van der Waals surface area contributed by atoms with E-state index in [9.17, 15) is 0 Å². The van der Waals surface area contributed by atoms with Crippen molar-refractivity contribution < 1.29 is 4.74 Å². The molecule has 1 aliphatic heterocycles. The van der Waals surface area contributed by atoms with Crippen molar-refractivity contribution in [3.8, 4) is 0 Å². The molecule has 1 aliphatic rings. The highest BCUT2D eigenvalue weighted by molar-refractivity contribution is 5.53. The molecule has 2 aromatic heterocycles. The van der Waals surface area contributed by atoms with Crippen LogP contribution in [-0.2, 0) is 18.3 Å². The maximum absolute atomic E-state index is 5.47. The molecule has 1 N–H and O–H groups in total. The second kappa shape index (κ2) is 7.09. The lowest BCUT2D eigenvalue weighted by molar-refractivity contribution is 0.122. The van der Waals surface area contributed by atoms with Gasteiger partial charge in [-0.15, -0.1) is 0 Å². The summed E-state index contributed by atoms with van der Waals surface area (Å²) in [7, 11) is 6.03. The fraction of sp³-hybridized carbons (Fsp3) is 0.529. The number of hydrogen-bond donors (Lipinski definition) is 1. The quantitative estimate of drug-likeness (QED) is 0.899. The molecule has 3 heterocycles. The maximum atomic E-state index is 5.47. The smallest absolute Gasteiger partial charge is 0.131 e. The second-order valence-corrected chi connectivity index (χ2v) is 6.26. The SMILES string of the molecule is Cc1nn(C)c(N2CCOCC2)c1CNc1ccc(N(C)C)cn1. The molecular formula is C17H26N6O. The van der Waals surface area contributed by atoms with Crippen molar-refractivity contribution in [1.29, 1.82) is 0 Å². The van der Waals surface area contributed by atoms with E-state index in [1.807, 2.05) is 43.0 Å². The summed E-state index contributed by atoms with van der Waals surface area (Å²) in [5.74, 6) is 2.05. The predicted molar refractivity (Wildman–Crippen MR) is 96.9 cm³/mol. The van der Waals surface area contributed by atoms with Crippen LogP contribution in [-0.4, -0.2) is 55.2 Å². The zero-order valence-corrected chi connectivity index (χ0v) is 14.9. The van der Waals surface area contributed by atoms with E-state index >= 15 is 0 Å². The molecule has 0 aliphatic carbocycles. The molecule has 7 heteroatoms. The van der Waals surface area contributed by atoms with Gasteiger partial charge in [0.25, 0.3) is 0 Å². The first-order valence-corrected chi connectivity index (χ1v) is 8.28. The molecule has 2 aromatic rings. The van der Waals surface area contributed by atoms with E-state index in [1.54, 1.807) is 0 Å². The molecular weight excluding hydrogens is 304 g/mol. The van der Waals surface area contributed by atoms with Gasteiger partial charge < -0.3 is 19.9 Å². The topological polar surface area (TPSA) is 58.5 Å². The van der Waals surface area contributed by atoms with E-state index in [1.165, 1.54) is 11.4 Å². The van der Waals surface area contributed by atoms with Crippen LogP contribution in [0.1, 0.15) is 11.3 Å². The number of rotatable bonds is 5. The highest BCUT2D eigenvalue weighted by Gasteiger charge is 2.21. The standard InChI is InChI=1S/C17H26N6O/c1-13-15(12-19-16-6-5-14(11-18-16)21(2)3)17(22(4)20-13)23-7-9-24-10-8-23/h5-6,11H,7-10,12H2,1-4H3,(H,18,19). The van der Waals surface area contributed by atoms with Crippen molar-refractivity contribution in [1.82, 2.24) is 14.8 Å². The van der Waals surface area contributed by atoms with Gasteiger partial charge in [-0.3, -0.25) is 4.68 Å². The number of aromatic nitrogens is 3. The minimum atomic E-state index is 0.709. The first kappa shape index (κ1) is 16.6. The van der Waals surface area contributed by atoms with Crippen molar-refractivity contribution in [3.63, 3.8) is 0 Å². The summed E-state index contributed by atoms with van der Waals surface area (Å²) in [5, 5.41) is 8.02.